The van der Waals surface area contributed by atoms with E-state index in [9.17, 15) is 4.79 Å². The number of hydrogen-bond donors (Lipinski definition) is 1. The fourth-order valence-corrected chi connectivity index (χ4v) is 4.46. The van der Waals surface area contributed by atoms with Crippen LogP contribution in [0.2, 0.25) is 0 Å². The third-order valence-electron chi connectivity index (χ3n) is 5.96. The monoisotopic (exact) mass is 522 g/mol. The highest BCUT2D eigenvalue weighted by atomic mass is 127. The first-order valence-corrected chi connectivity index (χ1v) is 10.9. The zero-order valence-corrected chi connectivity index (χ0v) is 20.9. The maximum Gasteiger partial charge on any atom is 0.410 e. The molecule has 3 heterocycles. The number of halogens is 1. The number of likely N-dealkylation sites (tertiary alicyclic amines) is 2. The number of nitrogens with zero attached hydrogens (tertiary/aromatic N) is 3. The van der Waals surface area contributed by atoms with Gasteiger partial charge in [0.2, 0.25) is 0 Å². The van der Waals surface area contributed by atoms with Crippen molar-refractivity contribution in [2.24, 2.45) is 10.4 Å². The van der Waals surface area contributed by atoms with Crippen LogP contribution in [0.4, 0.5) is 4.79 Å². The van der Waals surface area contributed by atoms with Crippen molar-refractivity contribution in [2.45, 2.75) is 71.4 Å². The van der Waals surface area contributed by atoms with Crippen LogP contribution in [0.15, 0.2) is 4.99 Å². The largest absolute Gasteiger partial charge is 0.444 e. The molecule has 3 saturated heterocycles. The highest BCUT2D eigenvalue weighted by Gasteiger charge is 2.42. The summed E-state index contributed by atoms with van der Waals surface area (Å²) in [4.78, 5) is 21.8. The van der Waals surface area contributed by atoms with E-state index in [0.29, 0.717) is 12.0 Å². The summed E-state index contributed by atoms with van der Waals surface area (Å²) in [5.74, 6) is 0.973. The van der Waals surface area contributed by atoms with Crippen LogP contribution in [0, 0.1) is 5.41 Å². The molecular formula is C21H39IN4O3. The molecule has 2 unspecified atom stereocenters. The molecule has 1 N–H and O–H groups in total. The summed E-state index contributed by atoms with van der Waals surface area (Å²) in [5, 5.41) is 3.45. The Balaban J connectivity index is 0.00000300. The van der Waals surface area contributed by atoms with Crippen molar-refractivity contribution in [2.75, 3.05) is 45.9 Å². The molecule has 0 saturated carbocycles. The minimum absolute atomic E-state index is 0. The van der Waals surface area contributed by atoms with Crippen molar-refractivity contribution in [1.29, 1.82) is 0 Å². The Hall–Kier alpha value is -0.770. The van der Waals surface area contributed by atoms with Gasteiger partial charge in [-0.25, -0.2) is 4.79 Å². The second-order valence-corrected chi connectivity index (χ2v) is 9.49. The van der Waals surface area contributed by atoms with E-state index in [0.717, 1.165) is 71.0 Å². The summed E-state index contributed by atoms with van der Waals surface area (Å²) >= 11 is 0. The van der Waals surface area contributed by atoms with Crippen LogP contribution in [-0.2, 0) is 9.47 Å². The lowest BCUT2D eigenvalue weighted by Gasteiger charge is -2.36. The molecule has 0 aromatic rings. The number of nitrogens with one attached hydrogen (secondary N) is 1. The lowest BCUT2D eigenvalue weighted by atomic mass is 9.87. The summed E-state index contributed by atoms with van der Waals surface area (Å²) in [6, 6.07) is 0.114. The minimum atomic E-state index is -0.468. The van der Waals surface area contributed by atoms with Crippen molar-refractivity contribution in [1.82, 2.24) is 15.1 Å². The molecule has 0 aromatic heterocycles. The lowest BCUT2D eigenvalue weighted by molar-refractivity contribution is 0.0109. The molecule has 29 heavy (non-hydrogen) atoms. The summed E-state index contributed by atoms with van der Waals surface area (Å²) in [5.41, 5.74) is -0.159. The molecular weight excluding hydrogens is 483 g/mol. The van der Waals surface area contributed by atoms with Crippen molar-refractivity contribution in [3.8, 4) is 0 Å². The number of aliphatic imine (C=N–C) groups is 1. The van der Waals surface area contributed by atoms with Gasteiger partial charge in [0, 0.05) is 38.2 Å². The van der Waals surface area contributed by atoms with Gasteiger partial charge in [-0.3, -0.25) is 4.99 Å². The van der Waals surface area contributed by atoms with Gasteiger partial charge in [0.05, 0.1) is 19.2 Å². The Morgan fingerprint density at radius 3 is 2.72 bits per heavy atom. The van der Waals surface area contributed by atoms with Crippen LogP contribution in [0.5, 0.6) is 0 Å². The predicted octanol–water partition coefficient (Wildman–Crippen LogP) is 3.47. The number of hydrogen-bond acceptors (Lipinski definition) is 4. The Morgan fingerprint density at radius 2 is 2.07 bits per heavy atom. The molecule has 3 aliphatic rings. The van der Waals surface area contributed by atoms with E-state index in [1.54, 1.807) is 0 Å². The number of guanidine groups is 1. The van der Waals surface area contributed by atoms with E-state index in [1.165, 1.54) is 6.42 Å². The fourth-order valence-electron chi connectivity index (χ4n) is 4.46. The van der Waals surface area contributed by atoms with Crippen molar-refractivity contribution in [3.63, 3.8) is 0 Å². The smallest absolute Gasteiger partial charge is 0.410 e. The van der Waals surface area contributed by atoms with Gasteiger partial charge in [-0.15, -0.1) is 24.0 Å². The van der Waals surface area contributed by atoms with Gasteiger partial charge in [0.15, 0.2) is 5.96 Å². The number of amides is 1. The quantitative estimate of drug-likeness (QED) is 0.350. The second kappa shape index (κ2) is 10.5. The number of carbonyl (C=O) groups is 1. The van der Waals surface area contributed by atoms with Crippen molar-refractivity contribution < 1.29 is 14.3 Å². The van der Waals surface area contributed by atoms with E-state index in [1.807, 2.05) is 25.7 Å². The van der Waals surface area contributed by atoms with Gasteiger partial charge in [-0.1, -0.05) is 0 Å². The van der Waals surface area contributed by atoms with Crippen molar-refractivity contribution in [3.05, 3.63) is 0 Å². The Bertz CT molecular complexity index is 573. The van der Waals surface area contributed by atoms with Gasteiger partial charge in [0.1, 0.15) is 5.60 Å². The molecule has 3 fully saturated rings. The summed E-state index contributed by atoms with van der Waals surface area (Å²) in [6.07, 6.45) is 5.28. The van der Waals surface area contributed by atoms with E-state index in [-0.39, 0.29) is 36.1 Å². The molecule has 0 aliphatic carbocycles. The fraction of sp³-hybridized carbons (Fsp3) is 0.905. The molecule has 0 bridgehead atoms. The number of carbonyl (C=O) groups excluding carboxylic acids is 1. The van der Waals surface area contributed by atoms with Gasteiger partial charge in [-0.05, 0) is 59.8 Å². The average Bonchev–Trinajstić information content (AvgIpc) is 3.27. The highest BCUT2D eigenvalue weighted by Crippen LogP contribution is 2.38. The van der Waals surface area contributed by atoms with E-state index < -0.39 is 5.60 Å². The van der Waals surface area contributed by atoms with E-state index in [4.69, 9.17) is 14.5 Å². The van der Waals surface area contributed by atoms with E-state index >= 15 is 0 Å². The summed E-state index contributed by atoms with van der Waals surface area (Å²) < 4.78 is 11.3. The first kappa shape index (κ1) is 24.5. The van der Waals surface area contributed by atoms with Gasteiger partial charge < -0.3 is 24.6 Å². The summed E-state index contributed by atoms with van der Waals surface area (Å²) in [7, 11) is 0. The van der Waals surface area contributed by atoms with Crippen LogP contribution >= 0.6 is 24.0 Å². The Labute approximate surface area is 193 Å². The number of piperidine rings is 1. The van der Waals surface area contributed by atoms with Gasteiger partial charge in [0.25, 0.3) is 0 Å². The molecule has 3 rings (SSSR count). The van der Waals surface area contributed by atoms with Crippen LogP contribution in [-0.4, -0.2) is 79.4 Å². The van der Waals surface area contributed by atoms with Crippen LogP contribution in [0.3, 0.4) is 0 Å². The van der Waals surface area contributed by atoms with Crippen LogP contribution in [0.1, 0.15) is 59.8 Å². The molecule has 8 heteroatoms. The normalized spacial score (nSPS) is 27.9. The molecule has 7 nitrogen and oxygen atoms in total. The van der Waals surface area contributed by atoms with Gasteiger partial charge >= 0.3 is 6.09 Å². The Morgan fingerprint density at radius 1 is 1.28 bits per heavy atom. The predicted molar refractivity (Wildman–Crippen MR) is 126 cm³/mol. The molecule has 1 amide bonds. The molecule has 0 aromatic carbocycles. The average molecular weight is 522 g/mol. The zero-order valence-electron chi connectivity index (χ0n) is 18.5. The molecule has 2 atom stereocenters. The highest BCUT2D eigenvalue weighted by molar-refractivity contribution is 14.0. The lowest BCUT2D eigenvalue weighted by Crippen LogP contribution is -2.48. The molecule has 3 aliphatic heterocycles. The van der Waals surface area contributed by atoms with E-state index in [2.05, 4.69) is 17.1 Å². The van der Waals surface area contributed by atoms with Crippen LogP contribution in [0.25, 0.3) is 0 Å². The molecule has 1 spiro atoms. The molecule has 168 valence electrons. The summed E-state index contributed by atoms with van der Waals surface area (Å²) in [6.45, 7) is 13.9. The maximum atomic E-state index is 12.6. The van der Waals surface area contributed by atoms with Crippen LogP contribution < -0.4 is 5.32 Å². The second-order valence-electron chi connectivity index (χ2n) is 9.49. The zero-order chi connectivity index (χ0) is 20.2. The first-order valence-electron chi connectivity index (χ1n) is 10.9. The third kappa shape index (κ3) is 6.60. The van der Waals surface area contributed by atoms with Gasteiger partial charge in [-0.2, -0.15) is 0 Å². The topological polar surface area (TPSA) is 66.4 Å². The number of ether oxygens (including phenoxy) is 2. The first-order chi connectivity index (χ1) is 13.3. The Kier molecular flexibility index (Phi) is 8.87. The third-order valence-corrected chi connectivity index (χ3v) is 5.96. The number of rotatable bonds is 3. The maximum absolute atomic E-state index is 12.6. The SMILES string of the molecule is CCNC(=NCC1CCCCN1C(=O)OC(C)(C)C)N1CCC2(CCOC2)C1.I. The standard InChI is InChI=1S/C21H38N4O3.HI/c1-5-22-18(24-12-9-21(15-24)10-13-27-16-21)23-14-17-8-6-7-11-25(17)19(26)28-20(2,3)4;/h17H,5-16H2,1-4H3,(H,22,23);1H. The minimum Gasteiger partial charge on any atom is -0.444 e. The van der Waals surface area contributed by atoms with Crippen molar-refractivity contribution >= 4 is 36.0 Å². The molecule has 0 radical (unpaired) electrons.